The van der Waals surface area contributed by atoms with Crippen LogP contribution in [0.25, 0.3) is 0 Å². The van der Waals surface area contributed by atoms with Gasteiger partial charge in [0.1, 0.15) is 6.29 Å². The summed E-state index contributed by atoms with van der Waals surface area (Å²) in [4.78, 5) is 11.0. The van der Waals surface area contributed by atoms with Gasteiger partial charge in [0.05, 0.1) is 0 Å². The fourth-order valence-electron chi connectivity index (χ4n) is 2.85. The molecule has 0 N–H and O–H groups in total. The maximum atomic E-state index is 11.0. The van der Waals surface area contributed by atoms with E-state index in [9.17, 15) is 4.79 Å². The van der Waals surface area contributed by atoms with E-state index >= 15 is 0 Å². The summed E-state index contributed by atoms with van der Waals surface area (Å²) in [5.74, 6) is 1.77. The van der Waals surface area contributed by atoms with Gasteiger partial charge in [-0.3, -0.25) is 0 Å². The van der Waals surface area contributed by atoms with Crippen LogP contribution in [0, 0.1) is 23.7 Å². The summed E-state index contributed by atoms with van der Waals surface area (Å²) in [6.07, 6.45) is 11.3. The molecule has 0 heterocycles. The first-order chi connectivity index (χ1) is 6.36. The summed E-state index contributed by atoms with van der Waals surface area (Å²) in [5.41, 5.74) is 0. The van der Waals surface area contributed by atoms with Gasteiger partial charge < -0.3 is 4.79 Å². The number of aldehydes is 1. The molecular formula is C12H16O. The van der Waals surface area contributed by atoms with Crippen LogP contribution < -0.4 is 0 Å². The SMILES string of the molecule is C=C[C@H]1C=C[C@H]2CCC[C@@H]2[C@H]1C=O. The molecule has 0 amide bonds. The van der Waals surface area contributed by atoms with Crippen LogP contribution in [0.3, 0.4) is 0 Å². The summed E-state index contributed by atoms with van der Waals surface area (Å²) in [6, 6.07) is 0. The number of hydrogen-bond donors (Lipinski definition) is 0. The summed E-state index contributed by atoms with van der Waals surface area (Å²) >= 11 is 0. The maximum absolute atomic E-state index is 11.0. The van der Waals surface area contributed by atoms with Crippen molar-refractivity contribution < 1.29 is 4.79 Å². The summed E-state index contributed by atoms with van der Waals surface area (Å²) in [7, 11) is 0. The molecule has 1 heteroatoms. The number of carbonyl (C=O) groups excluding carboxylic acids is 1. The minimum atomic E-state index is 0.204. The molecule has 0 bridgehead atoms. The Kier molecular flexibility index (Phi) is 2.34. The van der Waals surface area contributed by atoms with Crippen molar-refractivity contribution in [3.05, 3.63) is 24.8 Å². The molecule has 1 saturated carbocycles. The molecule has 1 fully saturated rings. The van der Waals surface area contributed by atoms with Gasteiger partial charge in [-0.25, -0.2) is 0 Å². The van der Waals surface area contributed by atoms with Gasteiger partial charge in [0.25, 0.3) is 0 Å². The zero-order valence-corrected chi connectivity index (χ0v) is 7.86. The highest BCUT2D eigenvalue weighted by atomic mass is 16.1. The van der Waals surface area contributed by atoms with Crippen LogP contribution in [0.4, 0.5) is 0 Å². The fraction of sp³-hybridized carbons (Fsp3) is 0.583. The highest BCUT2D eigenvalue weighted by Gasteiger charge is 2.37. The van der Waals surface area contributed by atoms with Crippen LogP contribution >= 0.6 is 0 Å². The van der Waals surface area contributed by atoms with Crippen molar-refractivity contribution in [3.63, 3.8) is 0 Å². The molecule has 13 heavy (non-hydrogen) atoms. The average molecular weight is 176 g/mol. The zero-order chi connectivity index (χ0) is 9.26. The minimum absolute atomic E-state index is 0.204. The maximum Gasteiger partial charge on any atom is 0.124 e. The fourth-order valence-corrected chi connectivity index (χ4v) is 2.85. The van der Waals surface area contributed by atoms with Crippen molar-refractivity contribution in [2.24, 2.45) is 23.7 Å². The normalized spacial score (nSPS) is 42.8. The quantitative estimate of drug-likeness (QED) is 0.467. The molecule has 4 atom stereocenters. The Morgan fingerprint density at radius 2 is 2.15 bits per heavy atom. The van der Waals surface area contributed by atoms with Crippen molar-refractivity contribution in [1.82, 2.24) is 0 Å². The molecule has 0 unspecified atom stereocenters. The number of carbonyl (C=O) groups is 1. The zero-order valence-electron chi connectivity index (χ0n) is 7.86. The van der Waals surface area contributed by atoms with Crippen molar-refractivity contribution in [2.45, 2.75) is 19.3 Å². The monoisotopic (exact) mass is 176 g/mol. The Bertz CT molecular complexity index is 242. The lowest BCUT2D eigenvalue weighted by Gasteiger charge is -2.31. The number of hydrogen-bond acceptors (Lipinski definition) is 1. The van der Waals surface area contributed by atoms with Crippen LogP contribution in [-0.4, -0.2) is 6.29 Å². The third-order valence-electron chi connectivity index (χ3n) is 3.57. The molecule has 0 aliphatic heterocycles. The molecule has 70 valence electrons. The third kappa shape index (κ3) is 1.37. The van der Waals surface area contributed by atoms with E-state index in [4.69, 9.17) is 0 Å². The standard InChI is InChI=1S/C12H16O/c1-2-9-6-7-10-4-3-5-11(10)12(9)8-13/h2,6-12H,1,3-5H2/t9-,10+,11-,12-/m0/s1. The minimum Gasteiger partial charge on any atom is -0.303 e. The third-order valence-corrected chi connectivity index (χ3v) is 3.57. The van der Waals surface area contributed by atoms with E-state index in [2.05, 4.69) is 18.7 Å². The largest absolute Gasteiger partial charge is 0.303 e. The van der Waals surface area contributed by atoms with Crippen molar-refractivity contribution in [2.75, 3.05) is 0 Å². The van der Waals surface area contributed by atoms with Crippen molar-refractivity contribution in [1.29, 1.82) is 0 Å². The number of fused-ring (bicyclic) bond motifs is 1. The predicted molar refractivity (Wildman–Crippen MR) is 53.2 cm³/mol. The highest BCUT2D eigenvalue weighted by Crippen LogP contribution is 2.43. The summed E-state index contributed by atoms with van der Waals surface area (Å²) in [5, 5.41) is 0. The van der Waals surface area contributed by atoms with Gasteiger partial charge in [-0.2, -0.15) is 0 Å². The second-order valence-corrected chi connectivity index (χ2v) is 4.17. The topological polar surface area (TPSA) is 17.1 Å². The molecular weight excluding hydrogens is 160 g/mol. The molecule has 0 radical (unpaired) electrons. The van der Waals surface area contributed by atoms with Gasteiger partial charge in [-0.05, 0) is 24.7 Å². The van der Waals surface area contributed by atoms with E-state index in [1.54, 1.807) is 0 Å². The Hall–Kier alpha value is -0.850. The van der Waals surface area contributed by atoms with E-state index in [1.807, 2.05) is 6.08 Å². The molecule has 0 saturated heterocycles. The highest BCUT2D eigenvalue weighted by molar-refractivity contribution is 5.57. The van der Waals surface area contributed by atoms with E-state index < -0.39 is 0 Å². The average Bonchev–Trinajstić information content (AvgIpc) is 2.63. The Balaban J connectivity index is 2.24. The summed E-state index contributed by atoms with van der Waals surface area (Å²) in [6.45, 7) is 3.79. The van der Waals surface area contributed by atoms with Gasteiger partial charge >= 0.3 is 0 Å². The van der Waals surface area contributed by atoms with Crippen molar-refractivity contribution >= 4 is 6.29 Å². The van der Waals surface area contributed by atoms with Crippen LogP contribution in [0.1, 0.15) is 19.3 Å². The Morgan fingerprint density at radius 1 is 1.31 bits per heavy atom. The van der Waals surface area contributed by atoms with E-state index in [0.717, 1.165) is 6.29 Å². The van der Waals surface area contributed by atoms with Crippen LogP contribution in [-0.2, 0) is 4.79 Å². The molecule has 0 spiro atoms. The van der Waals surface area contributed by atoms with Crippen LogP contribution in [0.2, 0.25) is 0 Å². The van der Waals surface area contributed by atoms with Gasteiger partial charge in [-0.15, -0.1) is 6.58 Å². The van der Waals surface area contributed by atoms with Gasteiger partial charge in [-0.1, -0.05) is 24.6 Å². The van der Waals surface area contributed by atoms with Gasteiger partial charge in [0.2, 0.25) is 0 Å². The Labute approximate surface area is 79.5 Å². The van der Waals surface area contributed by atoms with Crippen LogP contribution in [0.5, 0.6) is 0 Å². The predicted octanol–water partition coefficient (Wildman–Crippen LogP) is 2.59. The molecule has 1 nitrogen and oxygen atoms in total. The van der Waals surface area contributed by atoms with Gasteiger partial charge in [0.15, 0.2) is 0 Å². The van der Waals surface area contributed by atoms with Crippen LogP contribution in [0.15, 0.2) is 24.8 Å². The molecule has 0 aromatic carbocycles. The molecule has 0 aromatic heterocycles. The van der Waals surface area contributed by atoms with E-state index in [-0.39, 0.29) is 11.8 Å². The molecule has 2 aliphatic carbocycles. The first-order valence-electron chi connectivity index (χ1n) is 5.13. The lowest BCUT2D eigenvalue weighted by atomic mass is 9.73. The molecule has 2 aliphatic rings. The number of rotatable bonds is 2. The molecule has 0 aromatic rings. The second kappa shape index (κ2) is 3.49. The lowest BCUT2D eigenvalue weighted by Crippen LogP contribution is -2.28. The van der Waals surface area contributed by atoms with E-state index in [0.29, 0.717) is 11.8 Å². The Morgan fingerprint density at radius 3 is 2.85 bits per heavy atom. The first kappa shape index (κ1) is 8.74. The number of allylic oxidation sites excluding steroid dienone is 3. The van der Waals surface area contributed by atoms with Crippen molar-refractivity contribution in [3.8, 4) is 0 Å². The van der Waals surface area contributed by atoms with Gasteiger partial charge in [0, 0.05) is 11.8 Å². The lowest BCUT2D eigenvalue weighted by molar-refractivity contribution is -0.113. The van der Waals surface area contributed by atoms with E-state index in [1.165, 1.54) is 19.3 Å². The first-order valence-corrected chi connectivity index (χ1v) is 5.13. The summed E-state index contributed by atoms with van der Waals surface area (Å²) < 4.78 is 0. The smallest absolute Gasteiger partial charge is 0.124 e. The molecule has 2 rings (SSSR count). The second-order valence-electron chi connectivity index (χ2n) is 4.17.